The number of sulfonamides is 1. The third-order valence-corrected chi connectivity index (χ3v) is 7.41. The first-order valence-corrected chi connectivity index (χ1v) is 13.1. The van der Waals surface area contributed by atoms with Crippen molar-refractivity contribution in [2.24, 2.45) is 0 Å². The Hall–Kier alpha value is -3.00. The van der Waals surface area contributed by atoms with E-state index >= 15 is 0 Å². The van der Waals surface area contributed by atoms with Gasteiger partial charge in [0.2, 0.25) is 10.0 Å². The fourth-order valence-electron chi connectivity index (χ4n) is 3.69. The van der Waals surface area contributed by atoms with Gasteiger partial charge in [-0.15, -0.1) is 0 Å². The Morgan fingerprint density at radius 1 is 0.886 bits per heavy atom. The molecule has 0 fully saturated rings. The van der Waals surface area contributed by atoms with Crippen molar-refractivity contribution in [2.45, 2.75) is 44.7 Å². The predicted molar refractivity (Wildman–Crippen MR) is 138 cm³/mol. The molecular formula is C27H29ClN2O4S. The molecule has 0 radical (unpaired) electrons. The monoisotopic (exact) mass is 512 g/mol. The van der Waals surface area contributed by atoms with Crippen LogP contribution in [0.1, 0.15) is 52.6 Å². The Bertz CT molecular complexity index is 1300. The number of hydrogen-bond acceptors (Lipinski definition) is 4. The Morgan fingerprint density at radius 3 is 2.03 bits per heavy atom. The van der Waals surface area contributed by atoms with Crippen molar-refractivity contribution in [3.8, 4) is 0 Å². The Labute approximate surface area is 212 Å². The van der Waals surface area contributed by atoms with Crippen LogP contribution in [0.3, 0.4) is 0 Å². The summed E-state index contributed by atoms with van der Waals surface area (Å²) in [6.45, 7) is 7.42. The van der Waals surface area contributed by atoms with Crippen LogP contribution in [0.15, 0.2) is 77.7 Å². The number of ketones is 1. The van der Waals surface area contributed by atoms with E-state index in [9.17, 15) is 18.0 Å². The first-order chi connectivity index (χ1) is 16.5. The molecule has 8 heteroatoms. The molecule has 0 saturated carbocycles. The molecule has 3 aromatic rings. The second-order valence-corrected chi connectivity index (χ2v) is 10.9. The molecule has 0 saturated heterocycles. The summed E-state index contributed by atoms with van der Waals surface area (Å²) in [6.07, 6.45) is 0. The molecule has 0 bridgehead atoms. The van der Waals surface area contributed by atoms with Crippen LogP contribution < -0.4 is 4.72 Å². The van der Waals surface area contributed by atoms with Gasteiger partial charge in [-0.05, 0) is 70.2 Å². The number of nitrogens with one attached hydrogen (secondary N) is 1. The van der Waals surface area contributed by atoms with Crippen LogP contribution in [-0.2, 0) is 10.0 Å². The summed E-state index contributed by atoms with van der Waals surface area (Å²) in [5.41, 5.74) is 1.92. The number of carbonyl (C=O) groups is 2. The van der Waals surface area contributed by atoms with Gasteiger partial charge in [0.05, 0.1) is 10.5 Å². The van der Waals surface area contributed by atoms with E-state index in [0.29, 0.717) is 10.6 Å². The van der Waals surface area contributed by atoms with Crippen LogP contribution in [0.2, 0.25) is 5.02 Å². The average Bonchev–Trinajstić information content (AvgIpc) is 2.82. The normalized spacial score (nSPS) is 12.4. The Balaban J connectivity index is 1.83. The molecule has 1 atom stereocenters. The van der Waals surface area contributed by atoms with Crippen LogP contribution in [-0.4, -0.2) is 43.6 Å². The lowest BCUT2D eigenvalue weighted by molar-refractivity contribution is 0.0689. The van der Waals surface area contributed by atoms with Crippen molar-refractivity contribution in [2.75, 3.05) is 6.54 Å². The number of amides is 1. The second-order valence-electron chi connectivity index (χ2n) is 8.77. The minimum Gasteiger partial charge on any atom is -0.335 e. The summed E-state index contributed by atoms with van der Waals surface area (Å²) in [5, 5.41) is 0.513. The molecule has 0 aliphatic rings. The zero-order valence-corrected chi connectivity index (χ0v) is 21.7. The molecule has 3 rings (SSSR count). The first kappa shape index (κ1) is 26.6. The summed E-state index contributed by atoms with van der Waals surface area (Å²) >= 11 is 5.94. The molecule has 1 N–H and O–H groups in total. The lowest BCUT2D eigenvalue weighted by Crippen LogP contribution is -2.47. The van der Waals surface area contributed by atoms with Gasteiger partial charge in [-0.25, -0.2) is 13.1 Å². The number of nitrogens with zero attached hydrogens (tertiary/aromatic N) is 1. The number of halogens is 1. The molecule has 3 aromatic carbocycles. The maximum Gasteiger partial charge on any atom is 0.254 e. The lowest BCUT2D eigenvalue weighted by atomic mass is 9.97. The molecule has 0 aromatic heterocycles. The van der Waals surface area contributed by atoms with E-state index in [1.807, 2.05) is 20.8 Å². The largest absolute Gasteiger partial charge is 0.335 e. The fourth-order valence-corrected chi connectivity index (χ4v) is 5.05. The number of benzene rings is 3. The van der Waals surface area contributed by atoms with Crippen LogP contribution in [0.25, 0.3) is 0 Å². The van der Waals surface area contributed by atoms with Gasteiger partial charge in [-0.3, -0.25) is 9.59 Å². The lowest BCUT2D eigenvalue weighted by Gasteiger charge is -2.30. The van der Waals surface area contributed by atoms with E-state index in [1.54, 1.807) is 84.6 Å². The van der Waals surface area contributed by atoms with Crippen LogP contribution in [0, 0.1) is 6.92 Å². The number of hydrogen-bond donors (Lipinski definition) is 1. The summed E-state index contributed by atoms with van der Waals surface area (Å²) in [6, 6.07) is 18.9. The highest BCUT2D eigenvalue weighted by atomic mass is 35.5. The maximum atomic E-state index is 13.6. The highest BCUT2D eigenvalue weighted by Gasteiger charge is 2.27. The van der Waals surface area contributed by atoms with Crippen molar-refractivity contribution in [3.05, 3.63) is 100 Å². The van der Waals surface area contributed by atoms with Crippen molar-refractivity contribution in [1.29, 1.82) is 0 Å². The minimum atomic E-state index is -3.75. The van der Waals surface area contributed by atoms with E-state index in [4.69, 9.17) is 11.6 Å². The topological polar surface area (TPSA) is 83.6 Å². The zero-order valence-electron chi connectivity index (χ0n) is 20.2. The van der Waals surface area contributed by atoms with Crippen molar-refractivity contribution in [3.63, 3.8) is 0 Å². The zero-order chi connectivity index (χ0) is 25.8. The van der Waals surface area contributed by atoms with E-state index in [-0.39, 0.29) is 40.3 Å². The van der Waals surface area contributed by atoms with Gasteiger partial charge in [-0.1, -0.05) is 47.5 Å². The molecule has 1 unspecified atom stereocenters. The quantitative estimate of drug-likeness (QED) is 0.404. The average molecular weight is 513 g/mol. The summed E-state index contributed by atoms with van der Waals surface area (Å²) < 4.78 is 28.3. The molecule has 0 aliphatic carbocycles. The van der Waals surface area contributed by atoms with E-state index in [1.165, 1.54) is 0 Å². The van der Waals surface area contributed by atoms with Gasteiger partial charge < -0.3 is 4.90 Å². The van der Waals surface area contributed by atoms with E-state index in [2.05, 4.69) is 4.72 Å². The summed E-state index contributed by atoms with van der Waals surface area (Å²) in [7, 11) is -3.75. The van der Waals surface area contributed by atoms with Crippen molar-refractivity contribution < 1.29 is 18.0 Å². The van der Waals surface area contributed by atoms with Gasteiger partial charge in [0, 0.05) is 34.8 Å². The third kappa shape index (κ3) is 6.57. The minimum absolute atomic E-state index is 0.130. The SMILES string of the molecule is Cc1ccc(S(=O)(=O)NC(C)CN(C(=O)c2ccccc2C(=O)c2ccc(Cl)cc2)C(C)C)cc1. The number of rotatable bonds is 9. The highest BCUT2D eigenvalue weighted by molar-refractivity contribution is 7.89. The van der Waals surface area contributed by atoms with Crippen LogP contribution in [0.5, 0.6) is 0 Å². The fraction of sp³-hybridized carbons (Fsp3) is 0.259. The highest BCUT2D eigenvalue weighted by Crippen LogP contribution is 2.20. The Morgan fingerprint density at radius 2 is 1.46 bits per heavy atom. The standard InChI is InChI=1S/C27H29ClN2O4S/c1-18(2)30(17-20(4)29-35(33,34)23-15-9-19(3)10-16-23)27(32)25-8-6-5-7-24(25)26(31)21-11-13-22(28)14-12-21/h5-16,18,20,29H,17H2,1-4H3. The van der Waals surface area contributed by atoms with Crippen LogP contribution >= 0.6 is 11.6 Å². The second kappa shape index (κ2) is 11.2. The number of carbonyl (C=O) groups excluding carboxylic acids is 2. The van der Waals surface area contributed by atoms with E-state index < -0.39 is 16.1 Å². The molecule has 0 heterocycles. The predicted octanol–water partition coefficient (Wildman–Crippen LogP) is 5.10. The third-order valence-electron chi connectivity index (χ3n) is 5.55. The molecule has 184 valence electrons. The summed E-state index contributed by atoms with van der Waals surface area (Å²) in [4.78, 5) is 28.5. The first-order valence-electron chi connectivity index (χ1n) is 11.3. The van der Waals surface area contributed by atoms with Gasteiger partial charge in [0.25, 0.3) is 5.91 Å². The molecule has 6 nitrogen and oxygen atoms in total. The number of aryl methyl sites for hydroxylation is 1. The van der Waals surface area contributed by atoms with Gasteiger partial charge in [0.1, 0.15) is 0 Å². The smallest absolute Gasteiger partial charge is 0.254 e. The molecular weight excluding hydrogens is 484 g/mol. The molecule has 1 amide bonds. The van der Waals surface area contributed by atoms with E-state index in [0.717, 1.165) is 5.56 Å². The van der Waals surface area contributed by atoms with Crippen molar-refractivity contribution in [1.82, 2.24) is 9.62 Å². The van der Waals surface area contributed by atoms with Gasteiger partial charge >= 0.3 is 0 Å². The molecule has 35 heavy (non-hydrogen) atoms. The maximum absolute atomic E-state index is 13.6. The Kier molecular flexibility index (Phi) is 8.48. The molecule has 0 spiro atoms. The van der Waals surface area contributed by atoms with Crippen molar-refractivity contribution >= 4 is 33.3 Å². The van der Waals surface area contributed by atoms with Gasteiger partial charge in [0.15, 0.2) is 5.78 Å². The molecule has 0 aliphatic heterocycles. The van der Waals surface area contributed by atoms with Crippen LogP contribution in [0.4, 0.5) is 0 Å². The summed E-state index contributed by atoms with van der Waals surface area (Å²) in [5.74, 6) is -0.637. The van der Waals surface area contributed by atoms with Gasteiger partial charge in [-0.2, -0.15) is 0 Å².